The average Bonchev–Trinajstić information content (AvgIpc) is 3.01. The van der Waals surface area contributed by atoms with Crippen LogP contribution in [0.1, 0.15) is 19.4 Å². The third-order valence-electron chi connectivity index (χ3n) is 5.10. The highest BCUT2D eigenvalue weighted by molar-refractivity contribution is 7.91. The molecule has 2 N–H and O–H groups in total. The minimum atomic E-state index is -3.24. The average molecular weight is 402 g/mol. The van der Waals surface area contributed by atoms with Gasteiger partial charge >= 0.3 is 6.03 Å². The molecule has 1 heterocycles. The second-order valence-corrected chi connectivity index (χ2v) is 9.57. The minimum Gasteiger partial charge on any atom is -0.334 e. The maximum atomic E-state index is 12.4. The molecular weight excluding hydrogens is 374 g/mol. The lowest BCUT2D eigenvalue weighted by Crippen LogP contribution is -2.42. The van der Waals surface area contributed by atoms with Gasteiger partial charge in [0.2, 0.25) is 0 Å². The molecule has 28 heavy (non-hydrogen) atoms. The molecule has 1 fully saturated rings. The van der Waals surface area contributed by atoms with Gasteiger partial charge in [0.25, 0.3) is 0 Å². The number of hydrogen-bond acceptors (Lipinski definition) is 4. The van der Waals surface area contributed by atoms with Gasteiger partial charge in [0, 0.05) is 31.4 Å². The Hall–Kier alpha value is -2.38. The molecule has 2 aromatic carbocycles. The Labute approximate surface area is 166 Å². The van der Waals surface area contributed by atoms with Crippen LogP contribution in [0, 0.1) is 5.92 Å². The Morgan fingerprint density at radius 1 is 1.07 bits per heavy atom. The lowest BCUT2D eigenvalue weighted by Gasteiger charge is -2.18. The van der Waals surface area contributed by atoms with Gasteiger partial charge in [0.05, 0.1) is 10.6 Å². The molecule has 0 spiro atoms. The molecule has 1 aliphatic heterocycles. The van der Waals surface area contributed by atoms with Crippen LogP contribution in [0.15, 0.2) is 59.5 Å². The molecule has 0 radical (unpaired) electrons. The first kappa shape index (κ1) is 20.4. The van der Waals surface area contributed by atoms with Gasteiger partial charge in [-0.25, -0.2) is 13.2 Å². The number of likely N-dealkylation sites (tertiary alicyclic amines) is 1. The number of nitrogens with zero attached hydrogens (tertiary/aromatic N) is 1. The molecule has 2 amide bonds. The molecule has 7 heteroatoms. The number of anilines is 1. The zero-order chi connectivity index (χ0) is 20.1. The van der Waals surface area contributed by atoms with E-state index in [0.717, 1.165) is 19.6 Å². The summed E-state index contributed by atoms with van der Waals surface area (Å²) in [6, 6.07) is 16.4. The van der Waals surface area contributed by atoms with E-state index in [-0.39, 0.29) is 22.7 Å². The summed E-state index contributed by atoms with van der Waals surface area (Å²) >= 11 is 0. The van der Waals surface area contributed by atoms with Gasteiger partial charge in [-0.2, -0.15) is 0 Å². The van der Waals surface area contributed by atoms with E-state index in [4.69, 9.17) is 0 Å². The van der Waals surface area contributed by atoms with Crippen LogP contribution in [0.25, 0.3) is 0 Å². The van der Waals surface area contributed by atoms with E-state index < -0.39 is 9.84 Å². The standard InChI is InChI=1S/C21H27N3O3S/c1-3-28(26,27)19-11-9-18(10-12-19)22-21(25)23-20-15-24(13-16(20)2)14-17-7-5-4-6-8-17/h4-12,16,20H,3,13-15H2,1-2H3,(H2,22,23,25). The van der Waals surface area contributed by atoms with E-state index in [9.17, 15) is 13.2 Å². The number of nitrogens with one attached hydrogen (secondary N) is 2. The normalized spacial score (nSPS) is 20.1. The summed E-state index contributed by atoms with van der Waals surface area (Å²) in [5, 5.41) is 5.83. The summed E-state index contributed by atoms with van der Waals surface area (Å²) in [4.78, 5) is 15.0. The van der Waals surface area contributed by atoms with Gasteiger partial charge in [-0.05, 0) is 35.7 Å². The maximum absolute atomic E-state index is 12.4. The number of benzene rings is 2. The van der Waals surface area contributed by atoms with Crippen LogP contribution in [0.3, 0.4) is 0 Å². The lowest BCUT2D eigenvalue weighted by molar-refractivity contribution is 0.246. The van der Waals surface area contributed by atoms with E-state index in [1.54, 1.807) is 19.1 Å². The topological polar surface area (TPSA) is 78.5 Å². The van der Waals surface area contributed by atoms with Crippen LogP contribution in [0.4, 0.5) is 10.5 Å². The first-order valence-corrected chi connectivity index (χ1v) is 11.2. The summed E-state index contributed by atoms with van der Waals surface area (Å²) in [7, 11) is -3.24. The minimum absolute atomic E-state index is 0.0549. The Bertz CT molecular complexity index is 898. The molecule has 0 aromatic heterocycles. The smallest absolute Gasteiger partial charge is 0.319 e. The van der Waals surface area contributed by atoms with Crippen molar-refractivity contribution in [2.45, 2.75) is 31.3 Å². The fourth-order valence-corrected chi connectivity index (χ4v) is 4.36. The van der Waals surface area contributed by atoms with Crippen molar-refractivity contribution >= 4 is 21.6 Å². The van der Waals surface area contributed by atoms with Gasteiger partial charge in [-0.1, -0.05) is 44.2 Å². The first-order chi connectivity index (χ1) is 13.4. The Balaban J connectivity index is 1.53. The summed E-state index contributed by atoms with van der Waals surface area (Å²) in [6.45, 7) is 6.36. The molecule has 0 saturated carbocycles. The number of amides is 2. The van der Waals surface area contributed by atoms with Crippen molar-refractivity contribution in [1.29, 1.82) is 0 Å². The highest BCUT2D eigenvalue weighted by atomic mass is 32.2. The van der Waals surface area contributed by atoms with Gasteiger partial charge in [-0.3, -0.25) is 4.90 Å². The van der Waals surface area contributed by atoms with E-state index in [1.807, 2.05) is 18.2 Å². The zero-order valence-electron chi connectivity index (χ0n) is 16.3. The summed E-state index contributed by atoms with van der Waals surface area (Å²) < 4.78 is 23.7. The largest absolute Gasteiger partial charge is 0.334 e. The fraction of sp³-hybridized carbons (Fsp3) is 0.381. The highest BCUT2D eigenvalue weighted by Crippen LogP contribution is 2.20. The highest BCUT2D eigenvalue weighted by Gasteiger charge is 2.30. The Morgan fingerprint density at radius 2 is 1.75 bits per heavy atom. The van der Waals surface area contributed by atoms with E-state index in [2.05, 4.69) is 34.6 Å². The molecule has 0 bridgehead atoms. The van der Waals surface area contributed by atoms with E-state index in [1.165, 1.54) is 17.7 Å². The van der Waals surface area contributed by atoms with Gasteiger partial charge in [0.15, 0.2) is 9.84 Å². The first-order valence-electron chi connectivity index (χ1n) is 9.54. The monoisotopic (exact) mass is 401 g/mol. The van der Waals surface area contributed by atoms with Crippen LogP contribution in [0.2, 0.25) is 0 Å². The number of hydrogen-bond donors (Lipinski definition) is 2. The predicted octanol–water partition coefficient (Wildman–Crippen LogP) is 3.12. The lowest BCUT2D eigenvalue weighted by atomic mass is 10.1. The van der Waals surface area contributed by atoms with E-state index >= 15 is 0 Å². The van der Waals surface area contributed by atoms with Crippen molar-refractivity contribution in [1.82, 2.24) is 10.2 Å². The molecule has 3 rings (SSSR count). The molecule has 2 atom stereocenters. The quantitative estimate of drug-likeness (QED) is 0.780. The maximum Gasteiger partial charge on any atom is 0.319 e. The fourth-order valence-electron chi connectivity index (χ4n) is 3.47. The molecule has 0 aliphatic carbocycles. The number of carbonyl (C=O) groups is 1. The van der Waals surface area contributed by atoms with Crippen molar-refractivity contribution < 1.29 is 13.2 Å². The number of urea groups is 1. The Morgan fingerprint density at radius 3 is 2.39 bits per heavy atom. The molecule has 2 unspecified atom stereocenters. The van der Waals surface area contributed by atoms with Crippen LogP contribution < -0.4 is 10.6 Å². The van der Waals surface area contributed by atoms with Gasteiger partial charge < -0.3 is 10.6 Å². The second kappa shape index (κ2) is 8.75. The molecular formula is C21H27N3O3S. The molecule has 1 saturated heterocycles. The summed E-state index contributed by atoms with van der Waals surface area (Å²) in [6.07, 6.45) is 0. The number of carbonyl (C=O) groups excluding carboxylic acids is 1. The van der Waals surface area contributed by atoms with Crippen LogP contribution in [0.5, 0.6) is 0 Å². The summed E-state index contributed by atoms with van der Waals surface area (Å²) in [5.74, 6) is 0.408. The molecule has 1 aliphatic rings. The van der Waals surface area contributed by atoms with Crippen molar-refractivity contribution in [2.24, 2.45) is 5.92 Å². The zero-order valence-corrected chi connectivity index (χ0v) is 17.1. The van der Waals surface area contributed by atoms with Crippen LogP contribution in [-0.4, -0.2) is 44.2 Å². The van der Waals surface area contributed by atoms with E-state index in [0.29, 0.717) is 11.6 Å². The number of rotatable bonds is 6. The number of sulfone groups is 1. The SMILES string of the molecule is CCS(=O)(=O)c1ccc(NC(=O)NC2CN(Cc3ccccc3)CC2C)cc1. The third-order valence-corrected chi connectivity index (χ3v) is 6.86. The molecule has 6 nitrogen and oxygen atoms in total. The van der Waals surface area contributed by atoms with Crippen molar-refractivity contribution in [2.75, 3.05) is 24.2 Å². The van der Waals surface area contributed by atoms with Crippen molar-refractivity contribution in [3.63, 3.8) is 0 Å². The van der Waals surface area contributed by atoms with Crippen LogP contribution in [-0.2, 0) is 16.4 Å². The summed E-state index contributed by atoms with van der Waals surface area (Å²) in [5.41, 5.74) is 1.83. The van der Waals surface area contributed by atoms with Crippen LogP contribution >= 0.6 is 0 Å². The molecule has 150 valence electrons. The second-order valence-electron chi connectivity index (χ2n) is 7.29. The Kier molecular flexibility index (Phi) is 6.36. The van der Waals surface area contributed by atoms with Crippen molar-refractivity contribution in [3.05, 3.63) is 60.2 Å². The third kappa shape index (κ3) is 5.11. The van der Waals surface area contributed by atoms with Gasteiger partial charge in [0.1, 0.15) is 0 Å². The molecule has 2 aromatic rings. The van der Waals surface area contributed by atoms with Crippen molar-refractivity contribution in [3.8, 4) is 0 Å². The predicted molar refractivity (Wildman–Crippen MR) is 111 cm³/mol. The van der Waals surface area contributed by atoms with Gasteiger partial charge in [-0.15, -0.1) is 0 Å².